The van der Waals surface area contributed by atoms with E-state index in [1.54, 1.807) is 0 Å². The van der Waals surface area contributed by atoms with E-state index in [1.807, 2.05) is 13.8 Å². The summed E-state index contributed by atoms with van der Waals surface area (Å²) < 4.78 is 11.9. The molecule has 0 N–H and O–H groups in total. The van der Waals surface area contributed by atoms with Crippen molar-refractivity contribution in [3.05, 3.63) is 33.9 Å². The Kier molecular flexibility index (Phi) is 5.42. The van der Waals surface area contributed by atoms with Crippen LogP contribution in [-0.4, -0.2) is 11.6 Å². The lowest BCUT2D eigenvalue weighted by atomic mass is 9.85. The second-order valence-electron chi connectivity index (χ2n) is 7.48. The van der Waals surface area contributed by atoms with E-state index in [4.69, 9.17) is 9.47 Å². The molecular formula is C21H30O3. The van der Waals surface area contributed by atoms with Gasteiger partial charge in [-0.3, -0.25) is 4.79 Å². The van der Waals surface area contributed by atoms with Crippen LogP contribution in [0.5, 0.6) is 11.5 Å². The molecule has 1 aliphatic heterocycles. The Balaban J connectivity index is 2.35. The zero-order valence-electron chi connectivity index (χ0n) is 16.1. The third-order valence-electron chi connectivity index (χ3n) is 5.03. The van der Waals surface area contributed by atoms with E-state index < -0.39 is 0 Å². The fourth-order valence-corrected chi connectivity index (χ4v) is 3.42. The summed E-state index contributed by atoms with van der Waals surface area (Å²) in [6, 6.07) is 0. The van der Waals surface area contributed by atoms with Crippen LogP contribution >= 0.6 is 0 Å². The monoisotopic (exact) mass is 330 g/mol. The summed E-state index contributed by atoms with van der Waals surface area (Å²) in [7, 11) is 0. The van der Waals surface area contributed by atoms with Gasteiger partial charge >= 0.3 is 5.97 Å². The highest BCUT2D eigenvalue weighted by atomic mass is 16.5. The molecule has 0 saturated heterocycles. The Bertz CT molecular complexity index is 681. The zero-order valence-corrected chi connectivity index (χ0v) is 16.1. The van der Waals surface area contributed by atoms with Crippen LogP contribution in [0.4, 0.5) is 0 Å². The van der Waals surface area contributed by atoms with Gasteiger partial charge in [-0.2, -0.15) is 0 Å². The number of allylic oxidation sites excluding steroid dienone is 2. The zero-order chi connectivity index (χ0) is 18.1. The van der Waals surface area contributed by atoms with Crippen LogP contribution in [0.2, 0.25) is 0 Å². The van der Waals surface area contributed by atoms with E-state index in [2.05, 4.69) is 33.8 Å². The lowest BCUT2D eigenvalue weighted by Crippen LogP contribution is -2.37. The number of ether oxygens (including phenoxy) is 2. The van der Waals surface area contributed by atoms with E-state index in [1.165, 1.54) is 18.1 Å². The summed E-state index contributed by atoms with van der Waals surface area (Å²) >= 11 is 0. The van der Waals surface area contributed by atoms with Crippen molar-refractivity contribution in [2.45, 2.75) is 79.8 Å². The first-order valence-corrected chi connectivity index (χ1v) is 8.78. The molecule has 0 spiro atoms. The summed E-state index contributed by atoms with van der Waals surface area (Å²) in [5, 5.41) is 0. The number of carbonyl (C=O) groups is 1. The topological polar surface area (TPSA) is 35.5 Å². The Hall–Kier alpha value is -1.77. The molecule has 3 nitrogen and oxygen atoms in total. The normalized spacial score (nSPS) is 19.3. The van der Waals surface area contributed by atoms with Gasteiger partial charge in [-0.05, 0) is 83.9 Å². The van der Waals surface area contributed by atoms with Crippen LogP contribution in [0, 0.1) is 20.8 Å². The van der Waals surface area contributed by atoms with Crippen LogP contribution in [-0.2, 0) is 11.2 Å². The average molecular weight is 330 g/mol. The highest BCUT2D eigenvalue weighted by molar-refractivity contribution is 5.72. The molecule has 1 unspecified atom stereocenters. The summed E-state index contributed by atoms with van der Waals surface area (Å²) in [6.07, 6.45) is 6.27. The number of carbonyl (C=O) groups excluding carboxylic acids is 1. The van der Waals surface area contributed by atoms with Gasteiger partial charge in [0.2, 0.25) is 0 Å². The van der Waals surface area contributed by atoms with Gasteiger partial charge in [0, 0.05) is 12.5 Å². The predicted molar refractivity (Wildman–Crippen MR) is 98.0 cm³/mol. The van der Waals surface area contributed by atoms with E-state index in [0.29, 0.717) is 5.75 Å². The molecule has 1 aromatic carbocycles. The summed E-state index contributed by atoms with van der Waals surface area (Å²) in [5.74, 6) is 1.42. The molecule has 132 valence electrons. The van der Waals surface area contributed by atoms with Gasteiger partial charge in [0.25, 0.3) is 0 Å². The number of rotatable bonds is 4. The molecule has 0 amide bonds. The minimum atomic E-state index is -0.274. The minimum absolute atomic E-state index is 0.133. The van der Waals surface area contributed by atoms with Crippen molar-refractivity contribution in [3.8, 4) is 11.5 Å². The van der Waals surface area contributed by atoms with Crippen LogP contribution in [0.15, 0.2) is 11.6 Å². The van der Waals surface area contributed by atoms with Crippen LogP contribution < -0.4 is 9.47 Å². The molecule has 0 saturated carbocycles. The molecule has 1 atom stereocenters. The maximum atomic E-state index is 11.4. The molecule has 0 aromatic heterocycles. The van der Waals surface area contributed by atoms with Gasteiger partial charge in [0.15, 0.2) is 0 Å². The molecule has 0 fully saturated rings. The number of fused-ring (bicyclic) bond motifs is 1. The van der Waals surface area contributed by atoms with E-state index in [-0.39, 0.29) is 11.6 Å². The maximum absolute atomic E-state index is 11.4. The van der Waals surface area contributed by atoms with Gasteiger partial charge in [0.1, 0.15) is 17.1 Å². The Morgan fingerprint density at radius 2 is 1.83 bits per heavy atom. The SMILES string of the molecule is CC(=O)Oc1c(C)c(C)c2c(c1C)CCC(C)(CCC=C(C)C)O2. The fraction of sp³-hybridized carbons (Fsp3) is 0.571. The molecular weight excluding hydrogens is 300 g/mol. The predicted octanol–water partition coefficient (Wildman–Crippen LogP) is 5.37. The number of benzene rings is 1. The van der Waals surface area contributed by atoms with Gasteiger partial charge in [0.05, 0.1) is 0 Å². The van der Waals surface area contributed by atoms with E-state index >= 15 is 0 Å². The summed E-state index contributed by atoms with van der Waals surface area (Å²) in [4.78, 5) is 11.4. The smallest absolute Gasteiger partial charge is 0.308 e. The first kappa shape index (κ1) is 18.6. The molecule has 1 heterocycles. The highest BCUT2D eigenvalue weighted by Crippen LogP contribution is 2.44. The minimum Gasteiger partial charge on any atom is -0.487 e. The third kappa shape index (κ3) is 3.82. The number of hydrogen-bond donors (Lipinski definition) is 0. The maximum Gasteiger partial charge on any atom is 0.308 e. The Morgan fingerprint density at radius 3 is 2.42 bits per heavy atom. The van der Waals surface area contributed by atoms with Crippen LogP contribution in [0.3, 0.4) is 0 Å². The summed E-state index contributed by atoms with van der Waals surface area (Å²) in [6.45, 7) is 14.0. The standard InChI is InChI=1S/C21H30O3/c1-13(2)9-8-11-21(7)12-10-18-16(5)19(23-17(6)22)14(3)15(4)20(18)24-21/h9H,8,10-12H2,1-7H3. The van der Waals surface area contributed by atoms with Gasteiger partial charge < -0.3 is 9.47 Å². The second kappa shape index (κ2) is 7.00. The van der Waals surface area contributed by atoms with Crippen molar-refractivity contribution in [1.82, 2.24) is 0 Å². The van der Waals surface area contributed by atoms with Crippen molar-refractivity contribution in [3.63, 3.8) is 0 Å². The van der Waals surface area contributed by atoms with Crippen LogP contribution in [0.25, 0.3) is 0 Å². The Morgan fingerprint density at radius 1 is 1.17 bits per heavy atom. The van der Waals surface area contributed by atoms with Gasteiger partial charge in [-0.15, -0.1) is 0 Å². The third-order valence-corrected chi connectivity index (χ3v) is 5.03. The lowest BCUT2D eigenvalue weighted by Gasteiger charge is -2.38. The molecule has 1 aromatic rings. The number of esters is 1. The van der Waals surface area contributed by atoms with Crippen molar-refractivity contribution in [2.75, 3.05) is 0 Å². The average Bonchev–Trinajstić information content (AvgIpc) is 2.48. The van der Waals surface area contributed by atoms with Crippen molar-refractivity contribution in [2.24, 2.45) is 0 Å². The Labute approximate surface area is 146 Å². The molecule has 3 heteroatoms. The first-order valence-electron chi connectivity index (χ1n) is 8.78. The molecule has 0 aliphatic carbocycles. The van der Waals surface area contributed by atoms with Gasteiger partial charge in [-0.1, -0.05) is 11.6 Å². The molecule has 24 heavy (non-hydrogen) atoms. The molecule has 1 aliphatic rings. The first-order chi connectivity index (χ1) is 11.1. The highest BCUT2D eigenvalue weighted by Gasteiger charge is 2.34. The molecule has 0 bridgehead atoms. The fourth-order valence-electron chi connectivity index (χ4n) is 3.42. The molecule has 2 rings (SSSR count). The van der Waals surface area contributed by atoms with E-state index in [0.717, 1.165) is 48.1 Å². The summed E-state index contributed by atoms with van der Waals surface area (Å²) in [5.41, 5.74) is 5.52. The lowest BCUT2D eigenvalue weighted by molar-refractivity contribution is -0.132. The second-order valence-corrected chi connectivity index (χ2v) is 7.48. The van der Waals surface area contributed by atoms with Crippen molar-refractivity contribution < 1.29 is 14.3 Å². The largest absolute Gasteiger partial charge is 0.487 e. The van der Waals surface area contributed by atoms with E-state index in [9.17, 15) is 4.79 Å². The van der Waals surface area contributed by atoms with Crippen LogP contribution in [0.1, 0.15) is 69.2 Å². The molecule has 0 radical (unpaired) electrons. The quantitative estimate of drug-likeness (QED) is 0.423. The van der Waals surface area contributed by atoms with Gasteiger partial charge in [-0.25, -0.2) is 0 Å². The van der Waals surface area contributed by atoms with Crippen molar-refractivity contribution >= 4 is 5.97 Å². The number of hydrogen-bond acceptors (Lipinski definition) is 3. The van der Waals surface area contributed by atoms with Crippen molar-refractivity contribution in [1.29, 1.82) is 0 Å².